The molecule has 1 unspecified atom stereocenters. The van der Waals surface area contributed by atoms with Gasteiger partial charge >= 0.3 is 11.4 Å². The number of nitrogens with zero attached hydrogens (tertiary/aromatic N) is 1. The summed E-state index contributed by atoms with van der Waals surface area (Å²) < 4.78 is 24.4. The van der Waals surface area contributed by atoms with Gasteiger partial charge < -0.3 is 10.3 Å². The first kappa shape index (κ1) is 21.4. The lowest BCUT2D eigenvalue weighted by molar-refractivity contribution is 0.101. The van der Waals surface area contributed by atoms with E-state index in [2.05, 4.69) is 10.3 Å². The zero-order valence-electron chi connectivity index (χ0n) is 16.9. The number of ketones is 1. The summed E-state index contributed by atoms with van der Waals surface area (Å²) in [5, 5.41) is 4.74. The van der Waals surface area contributed by atoms with Crippen LogP contribution in [0.25, 0.3) is 10.9 Å². The minimum absolute atomic E-state index is 0.130. The molecule has 3 aromatic carbocycles. The SMILES string of the molecule is CN(OS(=O)O)c1ccc2cc(C(=O)Nc3cccc(C(=O)c4ccccc4)c3)[nH]c2c1. The molecule has 1 aromatic heterocycles. The van der Waals surface area contributed by atoms with Crippen molar-refractivity contribution in [2.45, 2.75) is 0 Å². The molecule has 9 heteroatoms. The van der Waals surface area contributed by atoms with Gasteiger partial charge in [0, 0.05) is 34.8 Å². The molecule has 3 N–H and O–H groups in total. The van der Waals surface area contributed by atoms with Crippen LogP contribution in [0.15, 0.2) is 78.9 Å². The predicted molar refractivity (Wildman–Crippen MR) is 123 cm³/mol. The summed E-state index contributed by atoms with van der Waals surface area (Å²) in [6.45, 7) is 0. The average Bonchev–Trinajstić information content (AvgIpc) is 3.22. The average molecular weight is 449 g/mol. The second kappa shape index (κ2) is 9.15. The summed E-state index contributed by atoms with van der Waals surface area (Å²) in [5.41, 5.74) is 3.04. The van der Waals surface area contributed by atoms with Gasteiger partial charge in [0.2, 0.25) is 0 Å². The second-order valence-corrected chi connectivity index (χ2v) is 7.56. The van der Waals surface area contributed by atoms with Crippen molar-refractivity contribution in [2.24, 2.45) is 0 Å². The van der Waals surface area contributed by atoms with Crippen molar-refractivity contribution in [3.8, 4) is 0 Å². The topological polar surface area (TPSA) is 112 Å². The number of carbonyl (C=O) groups is 2. The molecule has 0 spiro atoms. The largest absolute Gasteiger partial charge is 0.350 e. The maximum absolute atomic E-state index is 12.8. The van der Waals surface area contributed by atoms with Crippen LogP contribution in [0, 0.1) is 0 Å². The first-order valence-corrected chi connectivity index (χ1v) is 10.6. The van der Waals surface area contributed by atoms with Crippen LogP contribution < -0.4 is 10.4 Å². The maximum atomic E-state index is 12.8. The number of rotatable bonds is 7. The lowest BCUT2D eigenvalue weighted by Gasteiger charge is -2.14. The minimum Gasteiger partial charge on any atom is -0.350 e. The molecule has 4 rings (SSSR count). The molecule has 0 bridgehead atoms. The van der Waals surface area contributed by atoms with Gasteiger partial charge in [-0.15, -0.1) is 4.28 Å². The van der Waals surface area contributed by atoms with Crippen molar-refractivity contribution < 1.29 is 22.6 Å². The van der Waals surface area contributed by atoms with E-state index in [-0.39, 0.29) is 11.7 Å². The number of hydrogen-bond acceptors (Lipinski definition) is 5. The molecule has 1 heterocycles. The van der Waals surface area contributed by atoms with Crippen LogP contribution in [0.5, 0.6) is 0 Å². The van der Waals surface area contributed by atoms with Gasteiger partial charge in [-0.2, -0.15) is 4.21 Å². The Kier molecular flexibility index (Phi) is 6.13. The monoisotopic (exact) mass is 449 g/mol. The Morgan fingerprint density at radius 3 is 2.47 bits per heavy atom. The molecule has 162 valence electrons. The number of carbonyl (C=O) groups excluding carboxylic acids is 2. The van der Waals surface area contributed by atoms with E-state index in [4.69, 9.17) is 8.84 Å². The van der Waals surface area contributed by atoms with Gasteiger partial charge in [0.05, 0.1) is 5.69 Å². The van der Waals surface area contributed by atoms with E-state index < -0.39 is 11.4 Å². The Labute approximate surface area is 186 Å². The third-order valence-electron chi connectivity index (χ3n) is 4.81. The number of nitrogens with one attached hydrogen (secondary N) is 2. The Morgan fingerprint density at radius 1 is 0.969 bits per heavy atom. The first-order chi connectivity index (χ1) is 15.4. The van der Waals surface area contributed by atoms with Gasteiger partial charge in [0.25, 0.3) is 5.91 Å². The molecular weight excluding hydrogens is 430 g/mol. The molecular formula is C23H19N3O5S. The van der Waals surface area contributed by atoms with Crippen molar-refractivity contribution in [3.63, 3.8) is 0 Å². The first-order valence-electron chi connectivity index (χ1n) is 9.57. The molecule has 8 nitrogen and oxygen atoms in total. The number of hydroxylamine groups is 1. The third kappa shape index (κ3) is 4.75. The number of fused-ring (bicyclic) bond motifs is 1. The standard InChI is InChI=1S/C23H19N3O5S/c1-26(31-32(29)30)19-11-10-16-13-21(25-20(16)14-19)23(28)24-18-9-5-8-17(12-18)22(27)15-6-3-2-4-7-15/h2-14,25H,1H3,(H,24,28)(H,29,30). The zero-order chi connectivity index (χ0) is 22.7. The van der Waals surface area contributed by atoms with E-state index in [0.29, 0.717) is 33.7 Å². The normalized spacial score (nSPS) is 11.8. The molecule has 0 saturated carbocycles. The third-order valence-corrected chi connectivity index (χ3v) is 5.16. The number of hydrogen-bond donors (Lipinski definition) is 3. The van der Waals surface area contributed by atoms with Gasteiger partial charge in [-0.05, 0) is 30.3 Å². The molecule has 0 saturated heterocycles. The lowest BCUT2D eigenvalue weighted by atomic mass is 10.0. The molecule has 1 amide bonds. The van der Waals surface area contributed by atoms with Crippen LogP contribution in [0.1, 0.15) is 26.4 Å². The molecule has 4 aromatic rings. The maximum Gasteiger partial charge on any atom is 0.325 e. The van der Waals surface area contributed by atoms with Gasteiger partial charge in [0.1, 0.15) is 5.69 Å². The number of aromatic amines is 1. The quantitative estimate of drug-likeness (QED) is 0.222. The van der Waals surface area contributed by atoms with E-state index in [1.807, 2.05) is 6.07 Å². The van der Waals surface area contributed by atoms with Gasteiger partial charge in [-0.25, -0.2) is 5.06 Å². The molecule has 32 heavy (non-hydrogen) atoms. The van der Waals surface area contributed by atoms with Crippen molar-refractivity contribution in [2.75, 3.05) is 17.4 Å². The van der Waals surface area contributed by atoms with E-state index >= 15 is 0 Å². The van der Waals surface area contributed by atoms with Crippen molar-refractivity contribution in [3.05, 3.63) is 95.7 Å². The van der Waals surface area contributed by atoms with Gasteiger partial charge in [0.15, 0.2) is 5.78 Å². The van der Waals surface area contributed by atoms with Gasteiger partial charge in [-0.3, -0.25) is 14.1 Å². The molecule has 0 aliphatic carbocycles. The van der Waals surface area contributed by atoms with E-state index in [9.17, 15) is 13.8 Å². The smallest absolute Gasteiger partial charge is 0.325 e. The Morgan fingerprint density at radius 2 is 1.72 bits per heavy atom. The van der Waals surface area contributed by atoms with E-state index in [1.54, 1.807) is 72.8 Å². The Balaban J connectivity index is 1.52. The van der Waals surface area contributed by atoms with Crippen molar-refractivity contribution in [1.82, 2.24) is 4.98 Å². The zero-order valence-corrected chi connectivity index (χ0v) is 17.8. The van der Waals surface area contributed by atoms with Crippen LogP contribution in [0.2, 0.25) is 0 Å². The highest BCUT2D eigenvalue weighted by Gasteiger charge is 2.14. The van der Waals surface area contributed by atoms with Crippen molar-refractivity contribution in [1.29, 1.82) is 0 Å². The number of H-pyrrole nitrogens is 1. The summed E-state index contributed by atoms with van der Waals surface area (Å²) in [4.78, 5) is 28.4. The van der Waals surface area contributed by atoms with E-state index in [0.717, 1.165) is 10.4 Å². The summed E-state index contributed by atoms with van der Waals surface area (Å²) in [6.07, 6.45) is 0. The van der Waals surface area contributed by atoms with Gasteiger partial charge in [-0.1, -0.05) is 48.5 Å². The van der Waals surface area contributed by atoms with Crippen LogP contribution in [0.3, 0.4) is 0 Å². The number of benzene rings is 3. The lowest BCUT2D eigenvalue weighted by Crippen LogP contribution is -2.18. The van der Waals surface area contributed by atoms with Crippen LogP contribution in [-0.4, -0.2) is 32.5 Å². The summed E-state index contributed by atoms with van der Waals surface area (Å²) in [6, 6.07) is 22.5. The van der Waals surface area contributed by atoms with Crippen LogP contribution in [0.4, 0.5) is 11.4 Å². The molecule has 0 aliphatic heterocycles. The summed E-state index contributed by atoms with van der Waals surface area (Å²) in [5.74, 6) is -0.497. The molecule has 0 fully saturated rings. The fraction of sp³-hybridized carbons (Fsp3) is 0.0435. The minimum atomic E-state index is -2.44. The molecule has 0 aliphatic rings. The number of aromatic nitrogens is 1. The summed E-state index contributed by atoms with van der Waals surface area (Å²) >= 11 is -2.44. The summed E-state index contributed by atoms with van der Waals surface area (Å²) in [7, 11) is 1.50. The Hall–Kier alpha value is -3.79. The highest BCUT2D eigenvalue weighted by atomic mass is 32.2. The predicted octanol–water partition coefficient (Wildman–Crippen LogP) is 4.16. The highest BCUT2D eigenvalue weighted by Crippen LogP contribution is 2.23. The van der Waals surface area contributed by atoms with Crippen LogP contribution in [-0.2, 0) is 15.6 Å². The number of amides is 1. The van der Waals surface area contributed by atoms with Crippen molar-refractivity contribution >= 4 is 45.3 Å². The Bertz CT molecular complexity index is 1320. The number of anilines is 2. The highest BCUT2D eigenvalue weighted by molar-refractivity contribution is 7.74. The fourth-order valence-electron chi connectivity index (χ4n) is 3.26. The fourth-order valence-corrected chi connectivity index (χ4v) is 3.54. The van der Waals surface area contributed by atoms with E-state index in [1.165, 1.54) is 7.05 Å². The van der Waals surface area contributed by atoms with Crippen LogP contribution >= 0.6 is 0 Å². The molecule has 0 radical (unpaired) electrons. The molecule has 1 atom stereocenters. The second-order valence-electron chi connectivity index (χ2n) is 6.97.